The molecule has 1 rings (SSSR count). The molecule has 0 aliphatic heterocycles. The number of nitrogens with zero attached hydrogens (tertiary/aromatic N) is 1. The van der Waals surface area contributed by atoms with Crippen LogP contribution in [0.3, 0.4) is 0 Å². The number of aromatic nitrogens is 1. The van der Waals surface area contributed by atoms with E-state index in [1.54, 1.807) is 20.0 Å². The topological polar surface area (TPSA) is 104 Å². The van der Waals surface area contributed by atoms with Crippen molar-refractivity contribution in [2.45, 2.75) is 33.2 Å². The number of aliphatic carboxylic acids is 1. The zero-order valence-electron chi connectivity index (χ0n) is 11.1. The first-order chi connectivity index (χ1) is 8.99. The second kappa shape index (κ2) is 7.40. The van der Waals surface area contributed by atoms with Gasteiger partial charge in [-0.3, -0.25) is 4.79 Å². The molecular formula is C12H19N3O4. The molecule has 1 aromatic rings. The molecule has 0 saturated heterocycles. The van der Waals surface area contributed by atoms with Crippen LogP contribution in [0, 0.1) is 12.8 Å². The number of carbonyl (C=O) groups excluding carboxylic acids is 1. The number of oxazole rings is 1. The molecule has 7 heteroatoms. The van der Waals surface area contributed by atoms with Crippen molar-refractivity contribution in [1.82, 2.24) is 15.6 Å². The monoisotopic (exact) mass is 269 g/mol. The Morgan fingerprint density at radius 3 is 2.79 bits per heavy atom. The predicted octanol–water partition coefficient (Wildman–Crippen LogP) is 1.28. The fraction of sp³-hybridized carbons (Fsp3) is 0.583. The largest absolute Gasteiger partial charge is 0.481 e. The summed E-state index contributed by atoms with van der Waals surface area (Å²) in [5.74, 6) is -0.0594. The SMILES string of the molecule is Cc1cnc(CNC(=O)NCCCC(C)C(=O)O)o1. The number of carbonyl (C=O) groups is 2. The molecule has 7 nitrogen and oxygen atoms in total. The summed E-state index contributed by atoms with van der Waals surface area (Å²) in [4.78, 5) is 25.9. The van der Waals surface area contributed by atoms with Gasteiger partial charge in [0, 0.05) is 6.54 Å². The van der Waals surface area contributed by atoms with Gasteiger partial charge in [-0.15, -0.1) is 0 Å². The van der Waals surface area contributed by atoms with Crippen molar-refractivity contribution < 1.29 is 19.1 Å². The minimum absolute atomic E-state index is 0.227. The van der Waals surface area contributed by atoms with Crippen LogP contribution in [0.2, 0.25) is 0 Å². The number of amides is 2. The van der Waals surface area contributed by atoms with Gasteiger partial charge in [0.05, 0.1) is 18.7 Å². The van der Waals surface area contributed by atoms with E-state index < -0.39 is 5.97 Å². The highest BCUT2D eigenvalue weighted by Crippen LogP contribution is 2.04. The highest BCUT2D eigenvalue weighted by Gasteiger charge is 2.10. The average molecular weight is 269 g/mol. The molecule has 0 aliphatic rings. The van der Waals surface area contributed by atoms with E-state index >= 15 is 0 Å². The molecule has 3 N–H and O–H groups in total. The number of nitrogens with one attached hydrogen (secondary N) is 2. The Morgan fingerprint density at radius 1 is 1.47 bits per heavy atom. The van der Waals surface area contributed by atoms with Crippen molar-refractivity contribution >= 4 is 12.0 Å². The van der Waals surface area contributed by atoms with E-state index in [1.165, 1.54) is 0 Å². The van der Waals surface area contributed by atoms with Crippen molar-refractivity contribution in [2.24, 2.45) is 5.92 Å². The maximum Gasteiger partial charge on any atom is 0.315 e. The van der Waals surface area contributed by atoms with E-state index in [9.17, 15) is 9.59 Å². The first-order valence-electron chi connectivity index (χ1n) is 6.15. The van der Waals surface area contributed by atoms with Gasteiger partial charge < -0.3 is 20.2 Å². The average Bonchev–Trinajstić information content (AvgIpc) is 2.77. The molecule has 0 radical (unpaired) electrons. The quantitative estimate of drug-likeness (QED) is 0.647. The number of urea groups is 1. The van der Waals surface area contributed by atoms with Crippen molar-refractivity contribution in [3.63, 3.8) is 0 Å². The number of carboxylic acid groups (broad SMARTS) is 1. The van der Waals surface area contributed by atoms with Gasteiger partial charge in [-0.05, 0) is 19.8 Å². The highest BCUT2D eigenvalue weighted by molar-refractivity contribution is 5.73. The first-order valence-corrected chi connectivity index (χ1v) is 6.15. The molecule has 2 amide bonds. The molecule has 1 heterocycles. The zero-order valence-corrected chi connectivity index (χ0v) is 11.1. The van der Waals surface area contributed by atoms with E-state index in [1.807, 2.05) is 0 Å². The van der Waals surface area contributed by atoms with Gasteiger partial charge >= 0.3 is 12.0 Å². The van der Waals surface area contributed by atoms with Crippen LogP contribution < -0.4 is 10.6 Å². The van der Waals surface area contributed by atoms with Crippen molar-refractivity contribution in [2.75, 3.05) is 6.54 Å². The molecule has 0 saturated carbocycles. The smallest absolute Gasteiger partial charge is 0.315 e. The van der Waals surface area contributed by atoms with Gasteiger partial charge in [-0.2, -0.15) is 0 Å². The molecule has 0 bridgehead atoms. The predicted molar refractivity (Wildman–Crippen MR) is 67.5 cm³/mol. The standard InChI is InChI=1S/C12H19N3O4/c1-8(11(16)17)4-3-5-13-12(18)15-7-10-14-6-9(2)19-10/h6,8H,3-5,7H2,1-2H3,(H,16,17)(H2,13,15,18). The summed E-state index contributed by atoms with van der Waals surface area (Å²) in [5.41, 5.74) is 0. The number of carboxylic acids is 1. The molecule has 0 fully saturated rings. The van der Waals surface area contributed by atoms with Crippen LogP contribution in [0.1, 0.15) is 31.4 Å². The van der Waals surface area contributed by atoms with E-state index in [4.69, 9.17) is 9.52 Å². The van der Waals surface area contributed by atoms with Crippen LogP contribution in [0.4, 0.5) is 4.79 Å². The normalized spacial score (nSPS) is 11.9. The summed E-state index contributed by atoms with van der Waals surface area (Å²) < 4.78 is 5.20. The summed E-state index contributed by atoms with van der Waals surface area (Å²) in [6, 6.07) is -0.321. The lowest BCUT2D eigenvalue weighted by atomic mass is 10.1. The highest BCUT2D eigenvalue weighted by atomic mass is 16.4. The minimum atomic E-state index is -0.816. The van der Waals surface area contributed by atoms with Gasteiger partial charge in [-0.25, -0.2) is 9.78 Å². The maximum atomic E-state index is 11.4. The molecule has 1 unspecified atom stereocenters. The van der Waals surface area contributed by atoms with E-state index in [2.05, 4.69) is 15.6 Å². The molecule has 19 heavy (non-hydrogen) atoms. The lowest BCUT2D eigenvalue weighted by molar-refractivity contribution is -0.141. The number of hydrogen-bond donors (Lipinski definition) is 3. The van der Waals surface area contributed by atoms with Crippen LogP contribution in [-0.4, -0.2) is 28.6 Å². The van der Waals surface area contributed by atoms with Gasteiger partial charge in [0.2, 0.25) is 5.89 Å². The van der Waals surface area contributed by atoms with Crippen LogP contribution in [0.5, 0.6) is 0 Å². The third kappa shape index (κ3) is 5.89. The summed E-state index contributed by atoms with van der Waals surface area (Å²) in [6.07, 6.45) is 2.75. The van der Waals surface area contributed by atoms with Crippen LogP contribution in [0.15, 0.2) is 10.6 Å². The molecule has 0 spiro atoms. The van der Waals surface area contributed by atoms with E-state index in [-0.39, 0.29) is 18.5 Å². The third-order valence-corrected chi connectivity index (χ3v) is 2.59. The van der Waals surface area contributed by atoms with Crippen LogP contribution in [-0.2, 0) is 11.3 Å². The van der Waals surface area contributed by atoms with Crippen molar-refractivity contribution in [1.29, 1.82) is 0 Å². The fourth-order valence-electron chi connectivity index (χ4n) is 1.44. The molecule has 0 aliphatic carbocycles. The van der Waals surface area contributed by atoms with Crippen LogP contribution >= 0.6 is 0 Å². The molecule has 106 valence electrons. The van der Waals surface area contributed by atoms with Crippen molar-refractivity contribution in [3.8, 4) is 0 Å². The van der Waals surface area contributed by atoms with E-state index in [0.717, 1.165) is 0 Å². The van der Waals surface area contributed by atoms with Crippen molar-refractivity contribution in [3.05, 3.63) is 17.8 Å². The number of hydrogen-bond acceptors (Lipinski definition) is 4. The van der Waals surface area contributed by atoms with Gasteiger partial charge in [0.1, 0.15) is 5.76 Å². The third-order valence-electron chi connectivity index (χ3n) is 2.59. The second-order valence-corrected chi connectivity index (χ2v) is 4.36. The Bertz CT molecular complexity index is 430. The summed E-state index contributed by atoms with van der Waals surface area (Å²) >= 11 is 0. The Hall–Kier alpha value is -2.05. The van der Waals surface area contributed by atoms with Gasteiger partial charge in [-0.1, -0.05) is 6.92 Å². The summed E-state index contributed by atoms with van der Waals surface area (Å²) in [7, 11) is 0. The number of rotatable bonds is 7. The molecule has 1 aromatic heterocycles. The lowest BCUT2D eigenvalue weighted by Gasteiger charge is -2.07. The van der Waals surface area contributed by atoms with E-state index in [0.29, 0.717) is 31.0 Å². The van der Waals surface area contributed by atoms with Gasteiger partial charge in [0.15, 0.2) is 0 Å². The Balaban J connectivity index is 2.10. The number of aryl methyl sites for hydroxylation is 1. The zero-order chi connectivity index (χ0) is 14.3. The second-order valence-electron chi connectivity index (χ2n) is 4.36. The van der Waals surface area contributed by atoms with Gasteiger partial charge in [0.25, 0.3) is 0 Å². The Labute approximate surface area is 111 Å². The minimum Gasteiger partial charge on any atom is -0.481 e. The molecular weight excluding hydrogens is 250 g/mol. The van der Waals surface area contributed by atoms with Crippen LogP contribution in [0.25, 0.3) is 0 Å². The molecule has 0 aromatic carbocycles. The fourth-order valence-corrected chi connectivity index (χ4v) is 1.44. The molecule has 1 atom stereocenters. The lowest BCUT2D eigenvalue weighted by Crippen LogP contribution is -2.35. The first kappa shape index (κ1) is 15.0. The summed E-state index contributed by atoms with van der Waals surface area (Å²) in [6.45, 7) is 4.09. The summed E-state index contributed by atoms with van der Waals surface area (Å²) in [5, 5.41) is 13.9. The maximum absolute atomic E-state index is 11.4. The Kier molecular flexibility index (Phi) is 5.84. The Morgan fingerprint density at radius 2 is 2.21 bits per heavy atom.